The number of amides is 4. The molecule has 1 atom stereocenters. The van der Waals surface area contributed by atoms with Crippen LogP contribution in [0.3, 0.4) is 0 Å². The molecule has 1 aliphatic carbocycles. The Bertz CT molecular complexity index is 919. The third-order valence-corrected chi connectivity index (χ3v) is 7.19. The Morgan fingerprint density at radius 1 is 1.00 bits per heavy atom. The van der Waals surface area contributed by atoms with Crippen molar-refractivity contribution in [2.75, 3.05) is 13.2 Å². The maximum absolute atomic E-state index is 12.9. The number of benzene rings is 1. The molecule has 0 unspecified atom stereocenters. The van der Waals surface area contributed by atoms with E-state index in [1.165, 1.54) is 4.90 Å². The molecule has 0 N–H and O–H groups in total. The first kappa shape index (κ1) is 17.8. The van der Waals surface area contributed by atoms with Crippen LogP contribution < -0.4 is 0 Å². The van der Waals surface area contributed by atoms with Gasteiger partial charge in [-0.15, -0.1) is 11.3 Å². The molecule has 2 aliphatic heterocycles. The van der Waals surface area contributed by atoms with E-state index in [2.05, 4.69) is 11.0 Å². The van der Waals surface area contributed by atoms with Gasteiger partial charge in [-0.05, 0) is 37.8 Å². The highest BCUT2D eigenvalue weighted by atomic mass is 32.1. The molecule has 5 rings (SSSR count). The number of fused-ring (bicyclic) bond motifs is 1. The number of nitrogens with zero attached hydrogens (tertiary/aromatic N) is 4. The fourth-order valence-corrected chi connectivity index (χ4v) is 5.76. The Balaban J connectivity index is 1.36. The molecule has 146 valence electrons. The minimum Gasteiger partial charge on any atom is -0.276 e. The Morgan fingerprint density at radius 2 is 1.79 bits per heavy atom. The fraction of sp³-hybridized carbons (Fsp3) is 0.500. The summed E-state index contributed by atoms with van der Waals surface area (Å²) in [5, 5.41) is 1.01. The van der Waals surface area contributed by atoms with E-state index in [1.807, 2.05) is 18.2 Å². The van der Waals surface area contributed by atoms with E-state index < -0.39 is 17.8 Å². The van der Waals surface area contributed by atoms with E-state index in [-0.39, 0.29) is 18.8 Å². The number of hydrogen-bond acceptors (Lipinski definition) is 6. The van der Waals surface area contributed by atoms with Gasteiger partial charge in [0.1, 0.15) is 5.01 Å². The number of imide groups is 2. The summed E-state index contributed by atoms with van der Waals surface area (Å²) in [4.78, 5) is 47.0. The van der Waals surface area contributed by atoms with Crippen molar-refractivity contribution < 1.29 is 14.4 Å². The number of thiazole rings is 1. The number of rotatable bonds is 4. The first-order chi connectivity index (χ1) is 13.6. The zero-order chi connectivity index (χ0) is 19.3. The molecule has 1 aromatic heterocycles. The maximum atomic E-state index is 12.9. The number of carbonyl (C=O) groups excluding carboxylic acids is 3. The summed E-state index contributed by atoms with van der Waals surface area (Å²) in [6.45, 7) is 0.947. The van der Waals surface area contributed by atoms with Crippen LogP contribution in [0.4, 0.5) is 4.79 Å². The molecular weight excluding hydrogens is 376 g/mol. The van der Waals surface area contributed by atoms with Crippen molar-refractivity contribution >= 4 is 39.4 Å². The smallest absolute Gasteiger partial charge is 0.276 e. The molecule has 2 saturated heterocycles. The van der Waals surface area contributed by atoms with Crippen LogP contribution in [0.25, 0.3) is 10.2 Å². The lowest BCUT2D eigenvalue weighted by atomic mass is 10.2. The molecule has 0 bridgehead atoms. The second-order valence-electron chi connectivity index (χ2n) is 7.76. The number of likely N-dealkylation sites (tertiary alicyclic amines) is 1. The van der Waals surface area contributed by atoms with Gasteiger partial charge in [-0.25, -0.2) is 14.7 Å². The number of para-hydroxylation sites is 1. The summed E-state index contributed by atoms with van der Waals surface area (Å²) in [6, 6.07) is 7.55. The van der Waals surface area contributed by atoms with E-state index in [0.29, 0.717) is 0 Å². The van der Waals surface area contributed by atoms with Crippen molar-refractivity contribution in [3.8, 4) is 0 Å². The number of aromatic nitrogens is 1. The molecule has 0 radical (unpaired) electrons. The molecule has 7 nitrogen and oxygen atoms in total. The largest absolute Gasteiger partial charge is 0.335 e. The van der Waals surface area contributed by atoms with Crippen molar-refractivity contribution in [2.45, 2.75) is 50.6 Å². The van der Waals surface area contributed by atoms with Gasteiger partial charge in [0.25, 0.3) is 0 Å². The summed E-state index contributed by atoms with van der Waals surface area (Å²) in [6.07, 6.45) is 5.53. The van der Waals surface area contributed by atoms with E-state index >= 15 is 0 Å². The summed E-state index contributed by atoms with van der Waals surface area (Å²) in [5.74, 6) is -1.35. The van der Waals surface area contributed by atoms with Gasteiger partial charge in [0.15, 0.2) is 0 Å². The van der Waals surface area contributed by atoms with Crippen LogP contribution in [0.15, 0.2) is 24.3 Å². The minimum atomic E-state index is -0.688. The standard InChI is InChI=1S/C20H22N4O3S/c25-18-19(26)24(13-6-1-2-7-13)20(27)23(18)12-22-11-5-9-15(22)17-21-14-8-3-4-10-16(14)28-17/h3-4,8,10,13,15H,1-2,5-7,9,11-12H2/t15-/m0/s1. The van der Waals surface area contributed by atoms with Crippen LogP contribution in [0.5, 0.6) is 0 Å². The van der Waals surface area contributed by atoms with Crippen LogP contribution in [0.1, 0.15) is 49.6 Å². The van der Waals surface area contributed by atoms with Gasteiger partial charge in [0.2, 0.25) is 0 Å². The second kappa shape index (κ2) is 6.93. The molecule has 3 heterocycles. The summed E-state index contributed by atoms with van der Waals surface area (Å²) in [7, 11) is 0. The van der Waals surface area contributed by atoms with Gasteiger partial charge in [0, 0.05) is 12.6 Å². The molecule has 3 aliphatic rings. The lowest BCUT2D eigenvalue weighted by Gasteiger charge is -2.27. The van der Waals surface area contributed by atoms with Crippen molar-refractivity contribution in [1.29, 1.82) is 0 Å². The summed E-state index contributed by atoms with van der Waals surface area (Å²) in [5.41, 5.74) is 0.977. The topological polar surface area (TPSA) is 73.8 Å². The van der Waals surface area contributed by atoms with Crippen LogP contribution >= 0.6 is 11.3 Å². The highest BCUT2D eigenvalue weighted by Gasteiger charge is 2.49. The normalized spacial score (nSPS) is 24.4. The predicted molar refractivity (Wildman–Crippen MR) is 105 cm³/mol. The van der Waals surface area contributed by atoms with E-state index in [4.69, 9.17) is 4.98 Å². The minimum absolute atomic E-state index is 0.0774. The molecule has 4 amide bonds. The van der Waals surface area contributed by atoms with Gasteiger partial charge in [-0.1, -0.05) is 25.0 Å². The molecule has 28 heavy (non-hydrogen) atoms. The predicted octanol–water partition coefficient (Wildman–Crippen LogP) is 3.12. The van der Waals surface area contributed by atoms with Crippen molar-refractivity contribution in [3.63, 3.8) is 0 Å². The molecule has 1 saturated carbocycles. The molecular formula is C20H22N4O3S. The summed E-state index contributed by atoms with van der Waals surface area (Å²) < 4.78 is 1.14. The first-order valence-electron chi connectivity index (χ1n) is 9.92. The highest BCUT2D eigenvalue weighted by Crippen LogP contribution is 2.37. The average Bonchev–Trinajstić information content (AvgIpc) is 3.46. The number of hydrogen-bond donors (Lipinski definition) is 0. The van der Waals surface area contributed by atoms with Crippen molar-refractivity contribution in [1.82, 2.24) is 19.7 Å². The zero-order valence-corrected chi connectivity index (χ0v) is 16.4. The molecule has 2 aromatic rings. The fourth-order valence-electron chi connectivity index (χ4n) is 4.62. The van der Waals surface area contributed by atoms with Gasteiger partial charge < -0.3 is 0 Å². The van der Waals surface area contributed by atoms with Gasteiger partial charge >= 0.3 is 17.8 Å². The quantitative estimate of drug-likeness (QED) is 0.584. The number of carbonyl (C=O) groups is 3. The lowest BCUT2D eigenvalue weighted by molar-refractivity contribution is -0.144. The first-order valence-corrected chi connectivity index (χ1v) is 10.7. The van der Waals surface area contributed by atoms with Crippen LogP contribution in [0, 0.1) is 0 Å². The number of urea groups is 1. The van der Waals surface area contributed by atoms with Crippen LogP contribution in [-0.4, -0.2) is 56.8 Å². The summed E-state index contributed by atoms with van der Waals surface area (Å²) >= 11 is 1.66. The molecule has 3 fully saturated rings. The second-order valence-corrected chi connectivity index (χ2v) is 8.82. The van der Waals surface area contributed by atoms with Crippen LogP contribution in [-0.2, 0) is 9.59 Å². The zero-order valence-electron chi connectivity index (χ0n) is 15.5. The third-order valence-electron chi connectivity index (χ3n) is 6.06. The van der Waals surface area contributed by atoms with E-state index in [9.17, 15) is 14.4 Å². The van der Waals surface area contributed by atoms with Crippen molar-refractivity contribution in [2.24, 2.45) is 0 Å². The lowest BCUT2D eigenvalue weighted by Crippen LogP contribution is -2.43. The Kier molecular flexibility index (Phi) is 4.40. The van der Waals surface area contributed by atoms with E-state index in [1.54, 1.807) is 11.3 Å². The molecule has 0 spiro atoms. The SMILES string of the molecule is O=C1C(=O)N(C2CCCC2)C(=O)N1CN1CCC[C@H]1c1nc2ccccc2s1. The Labute approximate surface area is 166 Å². The highest BCUT2D eigenvalue weighted by molar-refractivity contribution is 7.18. The Morgan fingerprint density at radius 3 is 2.57 bits per heavy atom. The third kappa shape index (κ3) is 2.82. The molecule has 1 aromatic carbocycles. The molecule has 8 heteroatoms. The monoisotopic (exact) mass is 398 g/mol. The van der Waals surface area contributed by atoms with Crippen LogP contribution in [0.2, 0.25) is 0 Å². The van der Waals surface area contributed by atoms with Gasteiger partial charge in [-0.2, -0.15) is 0 Å². The average molecular weight is 398 g/mol. The maximum Gasteiger partial charge on any atom is 0.335 e. The van der Waals surface area contributed by atoms with E-state index in [0.717, 1.165) is 65.2 Å². The van der Waals surface area contributed by atoms with Crippen molar-refractivity contribution in [3.05, 3.63) is 29.3 Å². The Hall–Kier alpha value is -2.32. The van der Waals surface area contributed by atoms with Gasteiger partial charge in [-0.3, -0.25) is 19.4 Å². The van der Waals surface area contributed by atoms with Gasteiger partial charge in [0.05, 0.1) is 22.9 Å².